The van der Waals surface area contributed by atoms with E-state index in [9.17, 15) is 15.3 Å². The van der Waals surface area contributed by atoms with Gasteiger partial charge in [0.25, 0.3) is 0 Å². The molecule has 0 bridgehead atoms. The lowest BCUT2D eigenvalue weighted by Crippen LogP contribution is -2.35. The molecule has 27 heavy (non-hydrogen) atoms. The molecule has 1 aromatic heterocycles. The third-order valence-electron chi connectivity index (χ3n) is 4.33. The Balaban J connectivity index is 1.91. The molecular weight excluding hydrogens is 395 g/mol. The Morgan fingerprint density at radius 3 is 2.56 bits per heavy atom. The Bertz CT molecular complexity index is 853. The van der Waals surface area contributed by atoms with Crippen LogP contribution in [0, 0.1) is 5.92 Å². The molecule has 2 aromatic rings. The fraction of sp³-hybridized carbons (Fsp3) is 0.375. The molecule has 144 valence electrons. The predicted molar refractivity (Wildman–Crippen MR) is 102 cm³/mol. The van der Waals surface area contributed by atoms with E-state index in [2.05, 4.69) is 25.5 Å². The topological polar surface area (TPSA) is 149 Å². The van der Waals surface area contributed by atoms with Crippen LogP contribution in [0.25, 0.3) is 0 Å². The van der Waals surface area contributed by atoms with Crippen molar-refractivity contribution in [1.29, 1.82) is 0 Å². The highest BCUT2D eigenvalue weighted by Crippen LogP contribution is 2.36. The first-order valence-corrected chi connectivity index (χ1v) is 8.89. The number of nitrogens with two attached hydrogens (primary N) is 1. The number of nitrogens with one attached hydrogen (secondary N) is 1. The number of nitrogen functional groups attached to an aromatic ring is 1. The molecule has 3 rings (SSSR count). The van der Waals surface area contributed by atoms with E-state index in [1.165, 1.54) is 0 Å². The van der Waals surface area contributed by atoms with Crippen LogP contribution in [0.1, 0.15) is 6.42 Å². The molecule has 1 fully saturated rings. The van der Waals surface area contributed by atoms with Gasteiger partial charge >= 0.3 is 0 Å². The maximum absolute atomic E-state index is 10.2. The first-order valence-electron chi connectivity index (χ1n) is 8.13. The number of rotatable bonds is 5. The van der Waals surface area contributed by atoms with Gasteiger partial charge in [0, 0.05) is 12.5 Å². The highest BCUT2D eigenvalue weighted by atomic mass is 35.5. The second kappa shape index (κ2) is 8.32. The van der Waals surface area contributed by atoms with E-state index in [0.29, 0.717) is 17.1 Å². The van der Waals surface area contributed by atoms with Crippen LogP contribution in [-0.4, -0.2) is 50.1 Å². The summed E-state index contributed by atoms with van der Waals surface area (Å²) in [5, 5.41) is 40.9. The number of anilines is 2. The average molecular weight is 413 g/mol. The van der Waals surface area contributed by atoms with Crippen LogP contribution in [-0.2, 0) is 0 Å². The Morgan fingerprint density at radius 2 is 1.89 bits per heavy atom. The number of aliphatic hydroxyl groups is 3. The Morgan fingerprint density at radius 1 is 1.15 bits per heavy atom. The third kappa shape index (κ3) is 4.28. The van der Waals surface area contributed by atoms with Crippen LogP contribution < -0.4 is 11.1 Å². The first kappa shape index (κ1) is 19.7. The summed E-state index contributed by atoms with van der Waals surface area (Å²) in [6, 6.07) is 6.27. The predicted octanol–water partition coefficient (Wildman–Crippen LogP) is 2.30. The SMILES string of the molecule is Nc1nc(Cl)c(N=Nc2ccccc2Cl)c(N[C@H]2C[C@@H](CO)[C@H](O)[C@@H]2O)n1. The van der Waals surface area contributed by atoms with Gasteiger partial charge in [0.05, 0.1) is 17.2 Å². The monoisotopic (exact) mass is 412 g/mol. The minimum atomic E-state index is -1.11. The zero-order valence-corrected chi connectivity index (χ0v) is 15.5. The Kier molecular flexibility index (Phi) is 6.08. The minimum absolute atomic E-state index is 0.0347. The molecule has 0 saturated heterocycles. The van der Waals surface area contributed by atoms with Gasteiger partial charge in [-0.1, -0.05) is 35.3 Å². The molecule has 0 radical (unpaired) electrons. The van der Waals surface area contributed by atoms with Gasteiger partial charge in [0.1, 0.15) is 11.8 Å². The van der Waals surface area contributed by atoms with Gasteiger partial charge in [-0.15, -0.1) is 10.2 Å². The Labute approximate surface area is 164 Å². The lowest BCUT2D eigenvalue weighted by molar-refractivity contribution is 0.00446. The number of nitrogens with zero attached hydrogens (tertiary/aromatic N) is 4. The van der Waals surface area contributed by atoms with Gasteiger partial charge in [-0.3, -0.25) is 0 Å². The van der Waals surface area contributed by atoms with E-state index in [1.807, 2.05) is 0 Å². The van der Waals surface area contributed by atoms with Gasteiger partial charge in [-0.05, 0) is 18.6 Å². The van der Waals surface area contributed by atoms with Gasteiger partial charge < -0.3 is 26.4 Å². The molecule has 0 amide bonds. The number of halogens is 2. The van der Waals surface area contributed by atoms with Crippen LogP contribution in [0.5, 0.6) is 0 Å². The van der Waals surface area contributed by atoms with Crippen LogP contribution in [0.3, 0.4) is 0 Å². The van der Waals surface area contributed by atoms with Crippen molar-refractivity contribution in [1.82, 2.24) is 9.97 Å². The average Bonchev–Trinajstić information content (AvgIpc) is 2.90. The van der Waals surface area contributed by atoms with Gasteiger partial charge in [0.2, 0.25) is 5.95 Å². The third-order valence-corrected chi connectivity index (χ3v) is 4.91. The van der Waals surface area contributed by atoms with E-state index < -0.39 is 24.2 Å². The van der Waals surface area contributed by atoms with E-state index in [-0.39, 0.29) is 29.2 Å². The molecule has 4 atom stereocenters. The number of aliphatic hydroxyl groups excluding tert-OH is 3. The van der Waals surface area contributed by atoms with Crippen molar-refractivity contribution in [3.8, 4) is 0 Å². The van der Waals surface area contributed by atoms with E-state index in [1.54, 1.807) is 24.3 Å². The second-order valence-corrected chi connectivity index (χ2v) is 6.90. The van der Waals surface area contributed by atoms with E-state index in [4.69, 9.17) is 28.9 Å². The highest BCUT2D eigenvalue weighted by Gasteiger charge is 2.41. The van der Waals surface area contributed by atoms with E-state index in [0.717, 1.165) is 0 Å². The number of aromatic nitrogens is 2. The normalized spacial score (nSPS) is 25.2. The van der Waals surface area contributed by atoms with Crippen molar-refractivity contribution in [3.05, 3.63) is 34.4 Å². The summed E-state index contributed by atoms with van der Waals surface area (Å²) < 4.78 is 0. The smallest absolute Gasteiger partial charge is 0.223 e. The molecule has 1 saturated carbocycles. The van der Waals surface area contributed by atoms with Gasteiger partial charge in [-0.25, -0.2) is 0 Å². The molecule has 0 unspecified atom stereocenters. The Hall–Kier alpha value is -2.04. The molecular formula is C16H18Cl2N6O3. The van der Waals surface area contributed by atoms with Crippen LogP contribution >= 0.6 is 23.2 Å². The van der Waals surface area contributed by atoms with Gasteiger partial charge in [0.15, 0.2) is 16.7 Å². The molecule has 6 N–H and O–H groups in total. The lowest BCUT2D eigenvalue weighted by Gasteiger charge is -2.19. The molecule has 1 aromatic carbocycles. The summed E-state index contributed by atoms with van der Waals surface area (Å²) in [6.07, 6.45) is -1.85. The van der Waals surface area contributed by atoms with E-state index >= 15 is 0 Å². The van der Waals surface area contributed by atoms with Crippen LogP contribution in [0.4, 0.5) is 23.1 Å². The number of benzene rings is 1. The molecule has 0 spiro atoms. The number of azo groups is 1. The van der Waals surface area contributed by atoms with Crippen LogP contribution in [0.2, 0.25) is 10.2 Å². The van der Waals surface area contributed by atoms with Crippen molar-refractivity contribution < 1.29 is 15.3 Å². The summed E-state index contributed by atoms with van der Waals surface area (Å²) in [5.74, 6) is -0.399. The van der Waals surface area contributed by atoms with Crippen molar-refractivity contribution in [3.63, 3.8) is 0 Å². The number of hydrogen-bond donors (Lipinski definition) is 5. The summed E-state index contributed by atoms with van der Waals surface area (Å²) in [6.45, 7) is -0.248. The zero-order valence-electron chi connectivity index (χ0n) is 14.0. The maximum atomic E-state index is 10.2. The molecule has 0 aliphatic heterocycles. The maximum Gasteiger partial charge on any atom is 0.223 e. The second-order valence-electron chi connectivity index (χ2n) is 6.13. The summed E-state index contributed by atoms with van der Waals surface area (Å²) in [7, 11) is 0. The van der Waals surface area contributed by atoms with Crippen molar-refractivity contribution in [2.45, 2.75) is 24.7 Å². The summed E-state index contributed by atoms with van der Waals surface area (Å²) >= 11 is 12.2. The largest absolute Gasteiger partial charge is 0.396 e. The molecule has 11 heteroatoms. The minimum Gasteiger partial charge on any atom is -0.396 e. The highest BCUT2D eigenvalue weighted by molar-refractivity contribution is 6.33. The van der Waals surface area contributed by atoms with Crippen LogP contribution in [0.15, 0.2) is 34.5 Å². The summed E-state index contributed by atoms with van der Waals surface area (Å²) in [4.78, 5) is 7.93. The first-order chi connectivity index (χ1) is 12.9. The standard InChI is InChI=1S/C16H18Cl2N6O3/c17-8-3-1-2-4-9(8)23-24-11-14(18)21-16(19)22-15(11)20-10-5-7(6-25)12(26)13(10)27/h1-4,7,10,12-13,25-27H,5-6H2,(H3,19,20,21,22)/t7-,10-,12-,13+/m0/s1. The molecule has 1 heterocycles. The molecule has 9 nitrogen and oxygen atoms in total. The fourth-order valence-electron chi connectivity index (χ4n) is 2.89. The van der Waals surface area contributed by atoms with Crippen molar-refractivity contribution in [2.75, 3.05) is 17.7 Å². The lowest BCUT2D eigenvalue weighted by atomic mass is 10.1. The number of hydrogen-bond acceptors (Lipinski definition) is 9. The summed E-state index contributed by atoms with van der Waals surface area (Å²) in [5.41, 5.74) is 6.19. The van der Waals surface area contributed by atoms with Crippen molar-refractivity contribution >= 4 is 46.3 Å². The van der Waals surface area contributed by atoms with Gasteiger partial charge in [-0.2, -0.15) is 9.97 Å². The molecule has 1 aliphatic rings. The quantitative estimate of drug-likeness (QED) is 0.373. The molecule has 1 aliphatic carbocycles. The zero-order chi connectivity index (χ0) is 19.6. The fourth-order valence-corrected chi connectivity index (χ4v) is 3.28. The van der Waals surface area contributed by atoms with Crippen molar-refractivity contribution in [2.24, 2.45) is 16.1 Å².